The number of fused-ring (bicyclic) bond motifs is 1. The Morgan fingerprint density at radius 1 is 1.16 bits per heavy atom. The van der Waals surface area contributed by atoms with Crippen molar-refractivity contribution in [2.75, 3.05) is 6.61 Å². The van der Waals surface area contributed by atoms with Crippen molar-refractivity contribution in [2.24, 2.45) is 5.92 Å². The number of aryl methyl sites for hydroxylation is 1. The number of ether oxygens (including phenoxy) is 2. The molecule has 0 fully saturated rings. The monoisotopic (exact) mass is 338 g/mol. The van der Waals surface area contributed by atoms with Crippen LogP contribution in [0.1, 0.15) is 26.3 Å². The lowest BCUT2D eigenvalue weighted by atomic mass is 10.2. The van der Waals surface area contributed by atoms with Gasteiger partial charge < -0.3 is 14.5 Å². The van der Waals surface area contributed by atoms with E-state index in [1.54, 1.807) is 19.9 Å². The molecule has 0 unspecified atom stereocenters. The van der Waals surface area contributed by atoms with Gasteiger partial charge in [0.15, 0.2) is 11.5 Å². The fourth-order valence-corrected chi connectivity index (χ4v) is 2.49. The first kappa shape index (κ1) is 17.0. The van der Waals surface area contributed by atoms with Crippen molar-refractivity contribution in [1.82, 2.24) is 9.97 Å². The van der Waals surface area contributed by atoms with Gasteiger partial charge in [-0.05, 0) is 49.7 Å². The van der Waals surface area contributed by atoms with Crippen LogP contribution >= 0.6 is 0 Å². The van der Waals surface area contributed by atoms with Crippen LogP contribution in [0.4, 0.5) is 0 Å². The highest BCUT2D eigenvalue weighted by Crippen LogP contribution is 2.33. The van der Waals surface area contributed by atoms with E-state index < -0.39 is 0 Å². The van der Waals surface area contributed by atoms with Crippen molar-refractivity contribution < 1.29 is 14.3 Å². The molecular weight excluding hydrogens is 316 g/mol. The predicted octanol–water partition coefficient (Wildman–Crippen LogP) is 4.50. The number of imidazole rings is 1. The maximum Gasteiger partial charge on any atom is 0.313 e. The molecule has 0 spiro atoms. The highest BCUT2D eigenvalue weighted by atomic mass is 16.6. The molecule has 0 aliphatic carbocycles. The third-order valence-corrected chi connectivity index (χ3v) is 3.84. The largest absolute Gasteiger partial charge is 0.490 e. The number of hydrogen-bond donors (Lipinski definition) is 1. The second kappa shape index (κ2) is 6.97. The molecule has 0 aliphatic rings. The van der Waals surface area contributed by atoms with E-state index in [-0.39, 0.29) is 11.9 Å². The standard InChI is InChI=1S/C20H22N2O3/c1-5-24-18-11-14(7-9-17(18)25-20(23)12(2)3)19-21-15-8-6-13(4)10-16(15)22-19/h6-12H,5H2,1-4H3,(H,21,22). The molecular formula is C20H22N2O3. The van der Waals surface area contributed by atoms with Gasteiger partial charge in [0.05, 0.1) is 23.6 Å². The number of hydrogen-bond acceptors (Lipinski definition) is 4. The highest BCUT2D eigenvalue weighted by molar-refractivity contribution is 5.81. The average Bonchev–Trinajstić information content (AvgIpc) is 2.99. The van der Waals surface area contributed by atoms with Crippen molar-refractivity contribution >= 4 is 17.0 Å². The Balaban J connectivity index is 1.98. The molecule has 0 amide bonds. The molecule has 5 heteroatoms. The first-order valence-corrected chi connectivity index (χ1v) is 8.43. The first-order chi connectivity index (χ1) is 12.0. The number of nitrogens with zero attached hydrogens (tertiary/aromatic N) is 1. The molecule has 1 N–H and O–H groups in total. The topological polar surface area (TPSA) is 64.2 Å². The van der Waals surface area contributed by atoms with E-state index in [9.17, 15) is 4.79 Å². The summed E-state index contributed by atoms with van der Waals surface area (Å²) in [5.41, 5.74) is 3.95. The Labute approximate surface area is 147 Å². The van der Waals surface area contributed by atoms with Crippen molar-refractivity contribution in [2.45, 2.75) is 27.7 Å². The van der Waals surface area contributed by atoms with Gasteiger partial charge in [0.1, 0.15) is 5.82 Å². The summed E-state index contributed by atoms with van der Waals surface area (Å²) < 4.78 is 11.1. The molecule has 25 heavy (non-hydrogen) atoms. The Kier molecular flexibility index (Phi) is 4.74. The molecule has 3 aromatic rings. The van der Waals surface area contributed by atoms with Crippen LogP contribution in [0.2, 0.25) is 0 Å². The molecule has 0 saturated carbocycles. The zero-order chi connectivity index (χ0) is 18.0. The number of nitrogens with one attached hydrogen (secondary N) is 1. The highest BCUT2D eigenvalue weighted by Gasteiger charge is 2.15. The van der Waals surface area contributed by atoms with Gasteiger partial charge in [0.2, 0.25) is 0 Å². The Hall–Kier alpha value is -2.82. The van der Waals surface area contributed by atoms with Gasteiger partial charge in [0.25, 0.3) is 0 Å². The van der Waals surface area contributed by atoms with Gasteiger partial charge in [-0.25, -0.2) is 4.98 Å². The number of aromatic nitrogens is 2. The van der Waals surface area contributed by atoms with E-state index >= 15 is 0 Å². The molecule has 0 atom stereocenters. The van der Waals surface area contributed by atoms with Crippen LogP contribution in [0, 0.1) is 12.8 Å². The van der Waals surface area contributed by atoms with E-state index in [0.29, 0.717) is 18.1 Å². The van der Waals surface area contributed by atoms with Crippen molar-refractivity contribution in [3.63, 3.8) is 0 Å². The molecule has 130 valence electrons. The summed E-state index contributed by atoms with van der Waals surface area (Å²) in [4.78, 5) is 19.8. The van der Waals surface area contributed by atoms with Crippen molar-refractivity contribution in [3.05, 3.63) is 42.0 Å². The number of carbonyl (C=O) groups excluding carboxylic acids is 1. The van der Waals surface area contributed by atoms with Crippen LogP contribution in [0.5, 0.6) is 11.5 Å². The SMILES string of the molecule is CCOc1cc(-c2nc3ccc(C)cc3[nH]2)ccc1OC(=O)C(C)C. The molecule has 5 nitrogen and oxygen atoms in total. The number of aromatic amines is 1. The Bertz CT molecular complexity index is 912. The third kappa shape index (κ3) is 3.65. The van der Waals surface area contributed by atoms with Gasteiger partial charge in [-0.3, -0.25) is 4.79 Å². The number of carbonyl (C=O) groups is 1. The molecule has 3 rings (SSSR count). The summed E-state index contributed by atoms with van der Waals surface area (Å²) >= 11 is 0. The quantitative estimate of drug-likeness (QED) is 0.549. The lowest BCUT2D eigenvalue weighted by Crippen LogP contribution is -2.15. The molecule has 0 bridgehead atoms. The third-order valence-electron chi connectivity index (χ3n) is 3.84. The van der Waals surface area contributed by atoms with Crippen LogP contribution in [-0.2, 0) is 4.79 Å². The fourth-order valence-electron chi connectivity index (χ4n) is 2.49. The smallest absolute Gasteiger partial charge is 0.313 e. The summed E-state index contributed by atoms with van der Waals surface area (Å²) in [6, 6.07) is 11.6. The van der Waals surface area contributed by atoms with E-state index in [0.717, 1.165) is 22.4 Å². The zero-order valence-electron chi connectivity index (χ0n) is 14.9. The van der Waals surface area contributed by atoms with Crippen LogP contribution in [0.25, 0.3) is 22.4 Å². The Morgan fingerprint density at radius 3 is 2.68 bits per heavy atom. The number of rotatable bonds is 5. The van der Waals surface area contributed by atoms with Gasteiger partial charge in [-0.2, -0.15) is 0 Å². The summed E-state index contributed by atoms with van der Waals surface area (Å²) in [5, 5.41) is 0. The zero-order valence-corrected chi connectivity index (χ0v) is 14.9. The second-order valence-electron chi connectivity index (χ2n) is 6.28. The van der Waals surface area contributed by atoms with E-state index in [1.165, 1.54) is 5.56 Å². The molecule has 0 radical (unpaired) electrons. The summed E-state index contributed by atoms with van der Waals surface area (Å²) in [7, 11) is 0. The van der Waals surface area contributed by atoms with E-state index in [1.807, 2.05) is 38.1 Å². The van der Waals surface area contributed by atoms with Crippen LogP contribution in [-0.4, -0.2) is 22.5 Å². The molecule has 0 aliphatic heterocycles. The summed E-state index contributed by atoms with van der Waals surface area (Å²) in [5.74, 6) is 1.23. The van der Waals surface area contributed by atoms with E-state index in [4.69, 9.17) is 9.47 Å². The number of H-pyrrole nitrogens is 1. The minimum atomic E-state index is -0.284. The summed E-state index contributed by atoms with van der Waals surface area (Å²) in [6.07, 6.45) is 0. The van der Waals surface area contributed by atoms with Gasteiger partial charge in [-0.1, -0.05) is 19.9 Å². The Morgan fingerprint density at radius 2 is 1.96 bits per heavy atom. The first-order valence-electron chi connectivity index (χ1n) is 8.43. The van der Waals surface area contributed by atoms with Gasteiger partial charge >= 0.3 is 5.97 Å². The normalized spacial score (nSPS) is 11.1. The minimum absolute atomic E-state index is 0.201. The van der Waals surface area contributed by atoms with Crippen LogP contribution in [0.15, 0.2) is 36.4 Å². The van der Waals surface area contributed by atoms with Gasteiger partial charge in [-0.15, -0.1) is 0 Å². The minimum Gasteiger partial charge on any atom is -0.490 e. The van der Waals surface area contributed by atoms with Crippen molar-refractivity contribution in [1.29, 1.82) is 0 Å². The van der Waals surface area contributed by atoms with Crippen molar-refractivity contribution in [3.8, 4) is 22.9 Å². The van der Waals surface area contributed by atoms with Gasteiger partial charge in [0, 0.05) is 5.56 Å². The molecule has 1 aromatic heterocycles. The lowest BCUT2D eigenvalue weighted by Gasteiger charge is -2.12. The predicted molar refractivity (Wildman–Crippen MR) is 97.9 cm³/mol. The average molecular weight is 338 g/mol. The second-order valence-corrected chi connectivity index (χ2v) is 6.28. The number of benzene rings is 2. The number of esters is 1. The summed E-state index contributed by atoms with van der Waals surface area (Å²) in [6.45, 7) is 8.02. The molecule has 2 aromatic carbocycles. The lowest BCUT2D eigenvalue weighted by molar-refractivity contribution is -0.137. The molecule has 0 saturated heterocycles. The van der Waals surface area contributed by atoms with E-state index in [2.05, 4.69) is 16.0 Å². The maximum atomic E-state index is 11.9. The maximum absolute atomic E-state index is 11.9. The van der Waals surface area contributed by atoms with Crippen LogP contribution < -0.4 is 9.47 Å². The molecule has 1 heterocycles. The fraction of sp³-hybridized carbons (Fsp3) is 0.300. The van der Waals surface area contributed by atoms with Crippen LogP contribution in [0.3, 0.4) is 0 Å².